The fourth-order valence-electron chi connectivity index (χ4n) is 9.79. The van der Waals surface area contributed by atoms with Crippen LogP contribution in [0.25, 0.3) is 0 Å². The van der Waals surface area contributed by atoms with E-state index < -0.39 is 35.7 Å². The van der Waals surface area contributed by atoms with Gasteiger partial charge in [-0.3, -0.25) is 28.8 Å². The van der Waals surface area contributed by atoms with Gasteiger partial charge in [-0.25, -0.2) is 4.79 Å². The van der Waals surface area contributed by atoms with E-state index in [1.165, 1.54) is 11.6 Å². The SMILES string of the molecule is C.C.C.C.C.C.C.C.C.C.C=CC(=O)OCCCC(C)C.CC(C)CCCNC(=O)C1CC(C)CCC1C(=O)O.CC(C)CCCNC(=O)C1CCC(C)CC1C(=O)O.CC(C)CCCNC(=O)C1CCCCC1C(=O)O.CC(C)c1ccccc1. The van der Waals surface area contributed by atoms with Crippen LogP contribution in [0.2, 0.25) is 0 Å². The van der Waals surface area contributed by atoms with Crippen molar-refractivity contribution in [2.24, 2.45) is 71.0 Å². The molecule has 4 rings (SSSR count). The van der Waals surface area contributed by atoms with Crippen molar-refractivity contribution < 1.29 is 53.6 Å². The third-order valence-corrected chi connectivity index (χ3v) is 14.5. The summed E-state index contributed by atoms with van der Waals surface area (Å²) < 4.78 is 4.78. The van der Waals surface area contributed by atoms with Gasteiger partial charge in [0, 0.05) is 25.7 Å². The molecule has 86 heavy (non-hydrogen) atoms. The molecule has 0 heterocycles. The molecular formula is C72H147N3O11. The molecule has 3 saturated carbocycles. The third-order valence-electron chi connectivity index (χ3n) is 14.5. The molecule has 14 nitrogen and oxygen atoms in total. The van der Waals surface area contributed by atoms with Gasteiger partial charge in [-0.15, -0.1) is 0 Å². The lowest BCUT2D eigenvalue weighted by Gasteiger charge is -2.31. The molecule has 0 bridgehead atoms. The molecule has 6 N–H and O–H groups in total. The highest BCUT2D eigenvalue weighted by molar-refractivity contribution is 5.86. The van der Waals surface area contributed by atoms with Crippen molar-refractivity contribution in [3.05, 3.63) is 48.6 Å². The third kappa shape index (κ3) is 50.3. The number of carbonyl (C=O) groups excluding carboxylic acids is 4. The van der Waals surface area contributed by atoms with Crippen LogP contribution in [0.15, 0.2) is 43.0 Å². The van der Waals surface area contributed by atoms with Gasteiger partial charge in [0.1, 0.15) is 0 Å². The molecule has 8 atom stereocenters. The van der Waals surface area contributed by atoms with Crippen LogP contribution in [0.4, 0.5) is 0 Å². The van der Waals surface area contributed by atoms with Crippen molar-refractivity contribution in [3.8, 4) is 0 Å². The number of benzene rings is 1. The Morgan fingerprint density at radius 1 is 0.465 bits per heavy atom. The summed E-state index contributed by atoms with van der Waals surface area (Å²) in [5, 5.41) is 36.3. The van der Waals surface area contributed by atoms with Crippen molar-refractivity contribution in [1.82, 2.24) is 16.0 Å². The van der Waals surface area contributed by atoms with Crippen LogP contribution < -0.4 is 16.0 Å². The molecule has 8 unspecified atom stereocenters. The summed E-state index contributed by atoms with van der Waals surface area (Å²) >= 11 is 0. The number of carboxylic acids is 3. The smallest absolute Gasteiger partial charge is 0.330 e. The first-order valence-corrected chi connectivity index (χ1v) is 29.2. The first-order valence-electron chi connectivity index (χ1n) is 29.2. The predicted octanol–water partition coefficient (Wildman–Crippen LogP) is 19.1. The summed E-state index contributed by atoms with van der Waals surface area (Å²) in [6, 6.07) is 10.5. The van der Waals surface area contributed by atoms with Gasteiger partial charge in [-0.1, -0.05) is 207 Å². The van der Waals surface area contributed by atoms with Crippen molar-refractivity contribution in [1.29, 1.82) is 0 Å². The number of hydrogen-bond acceptors (Lipinski definition) is 8. The molecule has 3 fully saturated rings. The van der Waals surface area contributed by atoms with Gasteiger partial charge < -0.3 is 36.0 Å². The Bertz CT molecular complexity index is 1800. The predicted molar refractivity (Wildman–Crippen MR) is 373 cm³/mol. The number of nitrogens with one attached hydrogen (secondary N) is 3. The monoisotopic (exact) mass is 1230 g/mol. The molecule has 0 aliphatic heterocycles. The number of carbonyl (C=O) groups is 7. The highest BCUT2D eigenvalue weighted by Gasteiger charge is 2.39. The number of rotatable bonds is 24. The summed E-state index contributed by atoms with van der Waals surface area (Å²) in [6.07, 6.45) is 17.2. The topological polar surface area (TPSA) is 225 Å². The number of aliphatic carboxylic acids is 3. The zero-order valence-corrected chi connectivity index (χ0v) is 49.3. The first-order chi connectivity index (χ1) is 35.8. The maximum absolute atomic E-state index is 12.1. The van der Waals surface area contributed by atoms with Crippen molar-refractivity contribution >= 4 is 41.6 Å². The van der Waals surface area contributed by atoms with E-state index in [1.807, 2.05) is 6.07 Å². The maximum atomic E-state index is 12.1. The van der Waals surface area contributed by atoms with Gasteiger partial charge in [0.05, 0.1) is 42.1 Å². The Kier molecular flexibility index (Phi) is 76.3. The largest absolute Gasteiger partial charge is 0.481 e. The van der Waals surface area contributed by atoms with Crippen LogP contribution >= 0.6 is 0 Å². The lowest BCUT2D eigenvalue weighted by atomic mass is 9.74. The molecule has 0 radical (unpaired) electrons. The minimum Gasteiger partial charge on any atom is -0.481 e. The van der Waals surface area contributed by atoms with E-state index >= 15 is 0 Å². The highest BCUT2D eigenvalue weighted by Crippen LogP contribution is 2.35. The summed E-state index contributed by atoms with van der Waals surface area (Å²) in [4.78, 5) is 80.3. The van der Waals surface area contributed by atoms with Gasteiger partial charge in [0.15, 0.2) is 0 Å². The van der Waals surface area contributed by atoms with Crippen molar-refractivity contribution in [3.63, 3.8) is 0 Å². The Morgan fingerprint density at radius 3 is 1.12 bits per heavy atom. The fraction of sp³-hybridized carbons (Fsp3) is 0.792. The first kappa shape index (κ1) is 106. The van der Waals surface area contributed by atoms with Gasteiger partial charge in [-0.2, -0.15) is 0 Å². The molecule has 3 aliphatic rings. The minimum absolute atomic E-state index is 0. The van der Waals surface area contributed by atoms with E-state index in [2.05, 4.69) is 130 Å². The van der Waals surface area contributed by atoms with E-state index in [-0.39, 0.29) is 116 Å². The second kappa shape index (κ2) is 61.9. The molecule has 0 aromatic heterocycles. The Labute approximate surface area is 533 Å². The average molecular weight is 1230 g/mol. The number of esters is 1. The minimum atomic E-state index is -0.825. The molecule has 14 heteroatoms. The summed E-state index contributed by atoms with van der Waals surface area (Å²) in [7, 11) is 0. The molecule has 1 aromatic carbocycles. The standard InChI is InChI=1S/2C15H27NO3.C14H25NO3.C9H16O2.C9H12.10CH4/c1-10(2)5-4-8-16-14(17)13-9-11(3)6-7-12(13)15(18)19;1-10(2)5-4-8-16-14(17)12-7-6-11(3)9-13(12)15(18)19;1-10(2)6-5-9-15-13(16)11-7-3-4-8-12(11)14(17)18;1-4-9(10)11-7-5-6-8(2)3;1-8(2)9-6-4-3-5-7-9;;;;;;;;;;/h2*10-13H,4-9H2,1-3H3,(H,16,17)(H,18,19);10-12H,3-9H2,1-2H3,(H,15,16)(H,17,18);4,8H,1,5-7H2,2-3H3;3-8H,1-2H3;10*1H4. The number of hydrogen-bond donors (Lipinski definition) is 6. The molecule has 0 spiro atoms. The van der Waals surface area contributed by atoms with Gasteiger partial charge in [0.25, 0.3) is 0 Å². The van der Waals surface area contributed by atoms with E-state index in [1.54, 1.807) is 0 Å². The van der Waals surface area contributed by atoms with Crippen LogP contribution in [-0.2, 0) is 38.3 Å². The molecule has 3 amide bonds. The number of ether oxygens (including phenoxy) is 1. The van der Waals surface area contributed by atoms with E-state index in [4.69, 9.17) is 9.84 Å². The molecule has 1 aromatic rings. The van der Waals surface area contributed by atoms with Crippen LogP contribution in [-0.4, -0.2) is 83.2 Å². The van der Waals surface area contributed by atoms with Crippen LogP contribution in [0.1, 0.15) is 284 Å². The Balaban J connectivity index is -0.0000000902. The zero-order valence-electron chi connectivity index (χ0n) is 49.3. The molecule has 516 valence electrons. The lowest BCUT2D eigenvalue weighted by molar-refractivity contribution is -0.149. The Hall–Kier alpha value is -4.75. The normalized spacial score (nSPS) is 19.4. The van der Waals surface area contributed by atoms with Crippen LogP contribution in [0.3, 0.4) is 0 Å². The van der Waals surface area contributed by atoms with Crippen LogP contribution in [0, 0.1) is 71.0 Å². The maximum Gasteiger partial charge on any atom is 0.330 e. The summed E-state index contributed by atoms with van der Waals surface area (Å²) in [6.45, 7) is 31.6. The van der Waals surface area contributed by atoms with Crippen molar-refractivity contribution in [2.45, 2.75) is 279 Å². The van der Waals surface area contributed by atoms with Gasteiger partial charge in [0.2, 0.25) is 17.7 Å². The van der Waals surface area contributed by atoms with Crippen molar-refractivity contribution in [2.75, 3.05) is 26.2 Å². The van der Waals surface area contributed by atoms with Crippen LogP contribution in [0.5, 0.6) is 0 Å². The fourth-order valence-corrected chi connectivity index (χ4v) is 9.79. The van der Waals surface area contributed by atoms with Gasteiger partial charge in [-0.05, 0) is 150 Å². The molecular weight excluding hydrogens is 1080 g/mol. The molecule has 0 saturated heterocycles. The van der Waals surface area contributed by atoms with Gasteiger partial charge >= 0.3 is 23.9 Å². The average Bonchev–Trinajstić information content (AvgIpc) is 3.37. The quantitative estimate of drug-likeness (QED) is 0.0324. The number of amides is 3. The lowest BCUT2D eigenvalue weighted by Crippen LogP contribution is -2.41. The Morgan fingerprint density at radius 2 is 0.779 bits per heavy atom. The van der Waals surface area contributed by atoms with E-state index in [0.29, 0.717) is 106 Å². The molecule has 3 aliphatic carbocycles. The van der Waals surface area contributed by atoms with E-state index in [9.17, 15) is 43.8 Å². The second-order valence-corrected chi connectivity index (χ2v) is 23.7. The highest BCUT2D eigenvalue weighted by atomic mass is 16.5. The van der Waals surface area contributed by atoms with E-state index in [0.717, 1.165) is 77.0 Å². The summed E-state index contributed by atoms with van der Waals surface area (Å²) in [5.41, 5.74) is 1.41. The zero-order chi connectivity index (χ0) is 57.8. The summed E-state index contributed by atoms with van der Waals surface area (Å²) in [5.74, 6) is -1.38. The number of carboxylic acid groups (broad SMARTS) is 3. The second-order valence-electron chi connectivity index (χ2n) is 23.7.